The molecule has 1 heterocycles. The molecule has 2 aromatic carbocycles. The molecule has 0 saturated carbocycles. The fraction of sp³-hybridized carbons (Fsp3) is 0.368. The molecule has 0 radical (unpaired) electrons. The molecule has 1 aliphatic heterocycles. The van der Waals surface area contributed by atoms with Gasteiger partial charge in [0.25, 0.3) is 0 Å². The molecule has 1 N–H and O–H groups in total. The molecule has 1 fully saturated rings. The number of para-hydroxylation sites is 1. The number of hydrogen-bond acceptors (Lipinski definition) is 2. The van der Waals surface area contributed by atoms with Gasteiger partial charge in [-0.3, -0.25) is 0 Å². The number of anilines is 1. The van der Waals surface area contributed by atoms with Crippen LogP contribution in [0.25, 0.3) is 0 Å². The van der Waals surface area contributed by atoms with Crippen molar-refractivity contribution in [3.8, 4) is 5.75 Å². The Morgan fingerprint density at radius 2 is 1.68 bits per heavy atom. The fourth-order valence-corrected chi connectivity index (χ4v) is 4.36. The monoisotopic (exact) mass is 431 g/mol. The molecule has 1 atom stereocenters. The molecule has 2 nitrogen and oxygen atoms in total. The SMILES string of the molecule is Cc1ccc(Pc2cccc(C)c2O)c(N2CCCCC2)c1.[Cl][Ti][Cl]. The molecule has 0 amide bonds. The van der Waals surface area contributed by atoms with Crippen LogP contribution in [0.5, 0.6) is 5.75 Å². The summed E-state index contributed by atoms with van der Waals surface area (Å²) in [5.41, 5.74) is 3.62. The predicted octanol–water partition coefficient (Wildman–Crippen LogP) is 5.01. The summed E-state index contributed by atoms with van der Waals surface area (Å²) in [5.74, 6) is 0.450. The van der Waals surface area contributed by atoms with Gasteiger partial charge in [-0.05, 0) is 50.3 Å². The number of rotatable bonds is 3. The predicted molar refractivity (Wildman–Crippen MR) is 109 cm³/mol. The molecule has 1 saturated heterocycles. The van der Waals surface area contributed by atoms with Crippen LogP contribution in [0, 0.1) is 13.8 Å². The van der Waals surface area contributed by atoms with Crippen molar-refractivity contribution in [2.45, 2.75) is 33.1 Å². The molecule has 0 aromatic heterocycles. The fourth-order valence-electron chi connectivity index (χ4n) is 3.05. The first-order chi connectivity index (χ1) is 12.1. The zero-order chi connectivity index (χ0) is 18.2. The van der Waals surface area contributed by atoms with Gasteiger partial charge in [0.1, 0.15) is 5.75 Å². The third kappa shape index (κ3) is 6.16. The molecule has 0 spiro atoms. The maximum atomic E-state index is 10.3. The number of benzene rings is 2. The number of halogens is 2. The van der Waals surface area contributed by atoms with Crippen molar-refractivity contribution in [1.29, 1.82) is 0 Å². The van der Waals surface area contributed by atoms with E-state index >= 15 is 0 Å². The van der Waals surface area contributed by atoms with Crippen molar-refractivity contribution < 1.29 is 22.1 Å². The first-order valence-corrected chi connectivity index (χ1v) is 13.7. The van der Waals surface area contributed by atoms with E-state index < -0.39 is 17.0 Å². The summed E-state index contributed by atoms with van der Waals surface area (Å²) in [4.78, 5) is 2.52. The molecule has 25 heavy (non-hydrogen) atoms. The Kier molecular flexibility index (Phi) is 9.10. The zero-order valence-corrected chi connectivity index (χ0v) is 18.7. The Morgan fingerprint density at radius 1 is 1.00 bits per heavy atom. The van der Waals surface area contributed by atoms with E-state index in [4.69, 9.17) is 18.6 Å². The number of nitrogens with zero attached hydrogens (tertiary/aromatic N) is 1. The molecular formula is C19H24Cl2NOPTi. The number of phenolic OH excluding ortho intramolecular Hbond substituents is 1. The molecule has 3 rings (SSSR count). The normalized spacial score (nSPS) is 14.3. The molecule has 0 bridgehead atoms. The van der Waals surface area contributed by atoms with Crippen LogP contribution < -0.4 is 15.5 Å². The molecule has 0 aliphatic carbocycles. The maximum absolute atomic E-state index is 10.3. The zero-order valence-electron chi connectivity index (χ0n) is 14.6. The molecule has 1 aliphatic rings. The first kappa shape index (κ1) is 21.1. The summed E-state index contributed by atoms with van der Waals surface area (Å²) in [7, 11) is 10.3. The Bertz CT molecular complexity index is 693. The molecular weight excluding hydrogens is 408 g/mol. The second-order valence-electron chi connectivity index (χ2n) is 6.24. The number of phenols is 1. The summed E-state index contributed by atoms with van der Waals surface area (Å²) in [5, 5.41) is 12.7. The third-order valence-electron chi connectivity index (χ3n) is 4.36. The van der Waals surface area contributed by atoms with Crippen LogP contribution in [0.3, 0.4) is 0 Å². The van der Waals surface area contributed by atoms with Gasteiger partial charge >= 0.3 is 35.6 Å². The summed E-state index contributed by atoms with van der Waals surface area (Å²) >= 11 is -0.556. The van der Waals surface area contributed by atoms with E-state index in [1.165, 1.54) is 35.8 Å². The number of aromatic hydroxyl groups is 1. The van der Waals surface area contributed by atoms with Crippen LogP contribution in [-0.4, -0.2) is 18.2 Å². The summed E-state index contributed by atoms with van der Waals surface area (Å²) in [6, 6.07) is 12.8. The Balaban J connectivity index is 0.000000701. The summed E-state index contributed by atoms with van der Waals surface area (Å²) < 4.78 is 0. The molecule has 134 valence electrons. The van der Waals surface area contributed by atoms with Gasteiger partial charge < -0.3 is 10.0 Å². The van der Waals surface area contributed by atoms with Gasteiger partial charge in [0.2, 0.25) is 0 Å². The van der Waals surface area contributed by atoms with Crippen molar-refractivity contribution in [1.82, 2.24) is 0 Å². The van der Waals surface area contributed by atoms with Crippen LogP contribution in [0.2, 0.25) is 0 Å². The standard InChI is InChI=1S/C19H24NOP.2ClH.Ti/c1-14-9-10-17(16(13-14)20-11-4-3-5-12-20)22-18-8-6-7-15(2)19(18)21;;;/h6-10,13,21-22H,3-5,11-12H2,1-2H3;2*1H;/q;;;+2/p-2. The minimum atomic E-state index is -0.556. The Morgan fingerprint density at radius 3 is 2.36 bits per heavy atom. The van der Waals surface area contributed by atoms with E-state index in [2.05, 4.69) is 30.0 Å². The van der Waals surface area contributed by atoms with E-state index in [-0.39, 0.29) is 0 Å². The number of piperidine rings is 1. The number of hydrogen-bond donors (Lipinski definition) is 1. The van der Waals surface area contributed by atoms with Gasteiger partial charge in [0.05, 0.1) is 0 Å². The van der Waals surface area contributed by atoms with E-state index in [0.29, 0.717) is 14.3 Å². The average Bonchev–Trinajstić information content (AvgIpc) is 2.62. The third-order valence-corrected chi connectivity index (χ3v) is 5.72. The Hall–Kier alpha value is -0.236. The van der Waals surface area contributed by atoms with Crippen molar-refractivity contribution in [2.75, 3.05) is 18.0 Å². The van der Waals surface area contributed by atoms with E-state index in [0.717, 1.165) is 24.0 Å². The van der Waals surface area contributed by atoms with Crippen LogP contribution >= 0.6 is 27.2 Å². The Labute approximate surface area is 169 Å². The van der Waals surface area contributed by atoms with Crippen molar-refractivity contribution >= 4 is 43.5 Å². The molecule has 1 unspecified atom stereocenters. The van der Waals surface area contributed by atoms with Crippen molar-refractivity contribution in [3.63, 3.8) is 0 Å². The molecule has 6 heteroatoms. The van der Waals surface area contributed by atoms with Gasteiger partial charge in [0.15, 0.2) is 0 Å². The van der Waals surface area contributed by atoms with E-state index in [1.807, 2.05) is 25.1 Å². The van der Waals surface area contributed by atoms with E-state index in [9.17, 15) is 5.11 Å². The first-order valence-electron chi connectivity index (χ1n) is 8.44. The van der Waals surface area contributed by atoms with Crippen LogP contribution in [0.4, 0.5) is 5.69 Å². The van der Waals surface area contributed by atoms with Gasteiger partial charge in [-0.2, -0.15) is 0 Å². The molecule has 2 aromatic rings. The van der Waals surface area contributed by atoms with Crippen LogP contribution in [0.15, 0.2) is 36.4 Å². The minimum absolute atomic E-state index is 0.450. The summed E-state index contributed by atoms with van der Waals surface area (Å²) in [6.45, 7) is 6.43. The average molecular weight is 432 g/mol. The van der Waals surface area contributed by atoms with Gasteiger partial charge in [-0.25, -0.2) is 0 Å². The van der Waals surface area contributed by atoms with Crippen LogP contribution in [0.1, 0.15) is 30.4 Å². The van der Waals surface area contributed by atoms with Gasteiger partial charge in [0, 0.05) is 29.4 Å². The van der Waals surface area contributed by atoms with Gasteiger partial charge in [-0.1, -0.05) is 38.9 Å². The second-order valence-corrected chi connectivity index (χ2v) is 10.1. The second kappa shape index (κ2) is 10.8. The van der Waals surface area contributed by atoms with Gasteiger partial charge in [-0.15, -0.1) is 0 Å². The topological polar surface area (TPSA) is 23.5 Å². The van der Waals surface area contributed by atoms with Crippen LogP contribution in [-0.2, 0) is 17.0 Å². The van der Waals surface area contributed by atoms with Crippen molar-refractivity contribution in [3.05, 3.63) is 47.5 Å². The quantitative estimate of drug-likeness (QED) is 0.545. The van der Waals surface area contributed by atoms with Crippen molar-refractivity contribution in [2.24, 2.45) is 0 Å². The van der Waals surface area contributed by atoms with E-state index in [1.54, 1.807) is 0 Å². The summed E-state index contributed by atoms with van der Waals surface area (Å²) in [6.07, 6.45) is 3.91. The number of aryl methyl sites for hydroxylation is 2.